The molecule has 0 unspecified atom stereocenters. The summed E-state index contributed by atoms with van der Waals surface area (Å²) in [5.74, 6) is 0.796. The summed E-state index contributed by atoms with van der Waals surface area (Å²) in [4.78, 5) is 0. The summed E-state index contributed by atoms with van der Waals surface area (Å²) in [6, 6.07) is 0. The van der Waals surface area contributed by atoms with Crippen molar-refractivity contribution in [3.05, 3.63) is 12.7 Å². The van der Waals surface area contributed by atoms with Crippen molar-refractivity contribution in [2.75, 3.05) is 0 Å². The molecule has 3 rings (SSSR count). The van der Waals surface area contributed by atoms with Gasteiger partial charge in [-0.2, -0.15) is 0 Å². The normalized spacial score (nSPS) is 55.6. The predicted octanol–water partition coefficient (Wildman–Crippen LogP) is 3.68. The molecule has 7 atom stereocenters. The van der Waals surface area contributed by atoms with E-state index in [0.29, 0.717) is 11.8 Å². The summed E-state index contributed by atoms with van der Waals surface area (Å²) in [7, 11) is 0. The maximum absolute atomic E-state index is 10.7. The Labute approximate surface area is 141 Å². The van der Waals surface area contributed by atoms with Crippen LogP contribution in [0.4, 0.5) is 0 Å². The van der Waals surface area contributed by atoms with Gasteiger partial charge in [-0.05, 0) is 68.6 Å². The van der Waals surface area contributed by atoms with Crippen LogP contribution in [0.1, 0.15) is 66.7 Å². The standard InChI is InChI=1S/C20H34O3/c1-7-19(5)16(22)12-14-18(4)10-9-15(21)17(2,3)13(18)8-11-20(14,6)23-19/h7,13-16,21-22H,1,8-12H2,2-6H3/t13-,14-,15-,16-,18-,19+,20+/m1/s1. The maximum Gasteiger partial charge on any atom is 0.110 e. The fourth-order valence-electron chi connectivity index (χ4n) is 6.34. The van der Waals surface area contributed by atoms with Gasteiger partial charge >= 0.3 is 0 Å². The second kappa shape index (κ2) is 5.06. The van der Waals surface area contributed by atoms with Gasteiger partial charge in [0.1, 0.15) is 5.60 Å². The minimum atomic E-state index is -0.655. The van der Waals surface area contributed by atoms with Crippen molar-refractivity contribution < 1.29 is 14.9 Å². The number of aliphatic hydroxyl groups excluding tert-OH is 2. The zero-order valence-corrected chi connectivity index (χ0v) is 15.4. The van der Waals surface area contributed by atoms with Gasteiger partial charge in [0.25, 0.3) is 0 Å². The maximum atomic E-state index is 10.7. The van der Waals surface area contributed by atoms with E-state index in [2.05, 4.69) is 34.3 Å². The van der Waals surface area contributed by atoms with Gasteiger partial charge < -0.3 is 14.9 Å². The summed E-state index contributed by atoms with van der Waals surface area (Å²) in [5, 5.41) is 21.3. The van der Waals surface area contributed by atoms with Crippen molar-refractivity contribution in [3.63, 3.8) is 0 Å². The average molecular weight is 322 g/mol. The van der Waals surface area contributed by atoms with Gasteiger partial charge in [0.2, 0.25) is 0 Å². The van der Waals surface area contributed by atoms with Crippen molar-refractivity contribution >= 4 is 0 Å². The third-order valence-corrected chi connectivity index (χ3v) is 7.95. The van der Waals surface area contributed by atoms with Crippen LogP contribution in [0.2, 0.25) is 0 Å². The van der Waals surface area contributed by atoms with Crippen LogP contribution in [0.5, 0.6) is 0 Å². The lowest BCUT2D eigenvalue weighted by Gasteiger charge is -2.66. The Morgan fingerprint density at radius 3 is 2.22 bits per heavy atom. The second-order valence-electron chi connectivity index (χ2n) is 9.58. The minimum Gasteiger partial charge on any atom is -0.393 e. The molecule has 1 aliphatic heterocycles. The van der Waals surface area contributed by atoms with E-state index < -0.39 is 11.7 Å². The number of ether oxygens (including phenoxy) is 1. The lowest BCUT2D eigenvalue weighted by molar-refractivity contribution is -0.288. The Morgan fingerprint density at radius 2 is 1.61 bits per heavy atom. The van der Waals surface area contributed by atoms with Crippen molar-refractivity contribution in [1.29, 1.82) is 0 Å². The highest BCUT2D eigenvalue weighted by molar-refractivity contribution is 5.15. The van der Waals surface area contributed by atoms with E-state index in [0.717, 1.165) is 32.1 Å². The highest BCUT2D eigenvalue weighted by Crippen LogP contribution is 2.65. The lowest BCUT2D eigenvalue weighted by Crippen LogP contribution is -2.67. The van der Waals surface area contributed by atoms with Gasteiger partial charge in [0.05, 0.1) is 17.8 Å². The van der Waals surface area contributed by atoms with E-state index in [4.69, 9.17) is 4.74 Å². The molecule has 0 aromatic rings. The quantitative estimate of drug-likeness (QED) is 0.724. The van der Waals surface area contributed by atoms with E-state index >= 15 is 0 Å². The summed E-state index contributed by atoms with van der Waals surface area (Å²) in [6.45, 7) is 14.9. The first-order chi connectivity index (χ1) is 10.5. The molecule has 1 saturated heterocycles. The molecule has 23 heavy (non-hydrogen) atoms. The number of hydrogen-bond acceptors (Lipinski definition) is 3. The Kier molecular flexibility index (Phi) is 3.84. The van der Waals surface area contributed by atoms with Gasteiger partial charge in [-0.15, -0.1) is 6.58 Å². The Bertz CT molecular complexity index is 501. The molecule has 3 heteroatoms. The van der Waals surface area contributed by atoms with Crippen LogP contribution in [-0.2, 0) is 4.74 Å². The van der Waals surface area contributed by atoms with E-state index in [1.54, 1.807) is 6.08 Å². The smallest absolute Gasteiger partial charge is 0.110 e. The molecule has 3 nitrogen and oxygen atoms in total. The molecule has 0 aromatic heterocycles. The third kappa shape index (κ3) is 2.26. The molecule has 2 aliphatic carbocycles. The van der Waals surface area contributed by atoms with E-state index in [-0.39, 0.29) is 22.5 Å². The van der Waals surface area contributed by atoms with Gasteiger partial charge in [-0.25, -0.2) is 0 Å². The monoisotopic (exact) mass is 322 g/mol. The number of fused-ring (bicyclic) bond motifs is 3. The summed E-state index contributed by atoms with van der Waals surface area (Å²) < 4.78 is 6.51. The van der Waals surface area contributed by atoms with Gasteiger partial charge in [-0.3, -0.25) is 0 Å². The first kappa shape index (κ1) is 17.4. The van der Waals surface area contributed by atoms with Gasteiger partial charge in [0.15, 0.2) is 0 Å². The molecule has 3 fully saturated rings. The molecule has 0 aromatic carbocycles. The van der Waals surface area contributed by atoms with Crippen molar-refractivity contribution in [3.8, 4) is 0 Å². The van der Waals surface area contributed by atoms with Crippen LogP contribution in [0, 0.1) is 22.7 Å². The molecule has 132 valence electrons. The fourth-order valence-corrected chi connectivity index (χ4v) is 6.34. The van der Waals surface area contributed by atoms with Crippen LogP contribution >= 0.6 is 0 Å². The number of hydrogen-bond donors (Lipinski definition) is 2. The van der Waals surface area contributed by atoms with Crippen LogP contribution in [0.25, 0.3) is 0 Å². The van der Waals surface area contributed by atoms with Crippen molar-refractivity contribution in [2.24, 2.45) is 22.7 Å². The Morgan fingerprint density at radius 1 is 0.957 bits per heavy atom. The minimum absolute atomic E-state index is 0.0710. The second-order valence-corrected chi connectivity index (χ2v) is 9.58. The third-order valence-electron chi connectivity index (χ3n) is 7.95. The molecule has 2 saturated carbocycles. The van der Waals surface area contributed by atoms with E-state index in [1.807, 2.05) is 6.92 Å². The Balaban J connectivity index is 1.99. The summed E-state index contributed by atoms with van der Waals surface area (Å²) in [5.41, 5.74) is -0.832. The van der Waals surface area contributed by atoms with E-state index in [9.17, 15) is 10.2 Å². The van der Waals surface area contributed by atoms with Crippen LogP contribution in [0.3, 0.4) is 0 Å². The lowest BCUT2D eigenvalue weighted by atomic mass is 9.43. The zero-order chi connectivity index (χ0) is 17.3. The summed E-state index contributed by atoms with van der Waals surface area (Å²) in [6.07, 6.45) is 5.73. The predicted molar refractivity (Wildman–Crippen MR) is 92.1 cm³/mol. The molecule has 1 heterocycles. The van der Waals surface area contributed by atoms with Gasteiger partial charge in [0, 0.05) is 0 Å². The highest BCUT2D eigenvalue weighted by Gasteiger charge is 2.64. The number of rotatable bonds is 1. The van der Waals surface area contributed by atoms with Crippen LogP contribution in [-0.4, -0.2) is 33.6 Å². The largest absolute Gasteiger partial charge is 0.393 e. The molecule has 2 N–H and O–H groups in total. The fraction of sp³-hybridized carbons (Fsp3) is 0.900. The average Bonchev–Trinajstić information content (AvgIpc) is 2.46. The molecule has 3 aliphatic rings. The zero-order valence-electron chi connectivity index (χ0n) is 15.4. The Hall–Kier alpha value is -0.380. The number of aliphatic hydroxyl groups is 2. The SMILES string of the molecule is C=C[C@]1(C)O[C@@]2(C)CC[C@@H]3C(C)(C)[C@H](O)CC[C@@]3(C)[C@H]2C[C@H]1O. The van der Waals surface area contributed by atoms with Crippen LogP contribution in [0.15, 0.2) is 12.7 Å². The van der Waals surface area contributed by atoms with Crippen LogP contribution < -0.4 is 0 Å². The molecular weight excluding hydrogens is 288 g/mol. The molecule has 0 bridgehead atoms. The first-order valence-corrected chi connectivity index (χ1v) is 9.19. The molecule has 0 spiro atoms. The molecule has 0 amide bonds. The topological polar surface area (TPSA) is 49.7 Å². The summed E-state index contributed by atoms with van der Waals surface area (Å²) >= 11 is 0. The van der Waals surface area contributed by atoms with Gasteiger partial charge in [-0.1, -0.05) is 26.8 Å². The van der Waals surface area contributed by atoms with E-state index in [1.165, 1.54) is 0 Å². The molecule has 0 radical (unpaired) electrons. The highest BCUT2D eigenvalue weighted by atomic mass is 16.5. The van der Waals surface area contributed by atoms with Crippen molar-refractivity contribution in [2.45, 2.75) is 90.1 Å². The van der Waals surface area contributed by atoms with Crippen molar-refractivity contribution in [1.82, 2.24) is 0 Å². The first-order valence-electron chi connectivity index (χ1n) is 9.19. The molecular formula is C20H34O3.